The first kappa shape index (κ1) is 39.0. The van der Waals surface area contributed by atoms with Crippen molar-refractivity contribution in [3.8, 4) is 45.6 Å². The van der Waals surface area contributed by atoms with E-state index in [-0.39, 0.29) is 64.3 Å². The number of hydrogen-bond donors (Lipinski definition) is 4. The molecule has 0 saturated heterocycles. The highest BCUT2D eigenvalue weighted by Gasteiger charge is 2.18. The maximum atomic E-state index is 12.4. The van der Waals surface area contributed by atoms with E-state index in [2.05, 4.69) is 20.8 Å². The van der Waals surface area contributed by atoms with E-state index in [0.29, 0.717) is 35.5 Å². The molecule has 5 rings (SSSR count). The van der Waals surface area contributed by atoms with Gasteiger partial charge in [0.25, 0.3) is 0 Å². The third-order valence-electron chi connectivity index (χ3n) is 8.46. The van der Waals surface area contributed by atoms with E-state index in [1.54, 1.807) is 12.1 Å². The average molecular weight is 705 g/mol. The molecule has 4 N–H and O–H groups in total. The summed E-state index contributed by atoms with van der Waals surface area (Å²) < 4.78 is 11.1. The second kappa shape index (κ2) is 17.9. The molecule has 0 atom stereocenters. The molecule has 272 valence electrons. The van der Waals surface area contributed by atoms with Crippen LogP contribution < -0.4 is 9.47 Å². The maximum absolute atomic E-state index is 12.4. The van der Waals surface area contributed by atoms with Gasteiger partial charge in [-0.2, -0.15) is 0 Å². The van der Waals surface area contributed by atoms with Crippen LogP contribution in [-0.4, -0.2) is 45.2 Å². The Bertz CT molecular complexity index is 1940. The molecular formula is C44H48O8. The molecule has 5 aromatic carbocycles. The van der Waals surface area contributed by atoms with Gasteiger partial charge >= 0.3 is 0 Å². The summed E-state index contributed by atoms with van der Waals surface area (Å²) in [6.07, 6.45) is 2.94. The summed E-state index contributed by atoms with van der Waals surface area (Å²) >= 11 is 0. The Balaban J connectivity index is 0.000000234. The number of phenols is 4. The predicted molar refractivity (Wildman–Crippen MR) is 204 cm³/mol. The number of ketones is 2. The largest absolute Gasteiger partial charge is 0.508 e. The molecule has 5 aromatic rings. The Morgan fingerprint density at radius 2 is 0.942 bits per heavy atom. The van der Waals surface area contributed by atoms with E-state index in [9.17, 15) is 30.0 Å². The van der Waals surface area contributed by atoms with E-state index < -0.39 is 0 Å². The fraction of sp³-hybridized carbons (Fsp3) is 0.273. The number of rotatable bonds is 13. The number of carbonyl (C=O) groups is 2. The lowest BCUT2D eigenvalue weighted by atomic mass is 9.87. The first-order valence-electron chi connectivity index (χ1n) is 17.5. The number of ether oxygens (including phenoxy) is 2. The Kier molecular flexibility index (Phi) is 13.5. The van der Waals surface area contributed by atoms with Gasteiger partial charge in [0.05, 0.1) is 11.1 Å². The lowest BCUT2D eigenvalue weighted by Gasteiger charge is -2.19. The fourth-order valence-corrected chi connectivity index (χ4v) is 5.51. The van der Waals surface area contributed by atoms with Crippen molar-refractivity contribution in [2.24, 2.45) is 0 Å². The van der Waals surface area contributed by atoms with Crippen molar-refractivity contribution in [3.63, 3.8) is 0 Å². The second-order valence-corrected chi connectivity index (χ2v) is 13.6. The van der Waals surface area contributed by atoms with E-state index in [1.165, 1.54) is 17.7 Å². The van der Waals surface area contributed by atoms with Crippen LogP contribution in [0.5, 0.6) is 34.5 Å². The molecule has 0 aliphatic carbocycles. The van der Waals surface area contributed by atoms with E-state index in [4.69, 9.17) is 9.47 Å². The molecule has 52 heavy (non-hydrogen) atoms. The molecule has 0 spiro atoms. The van der Waals surface area contributed by atoms with Crippen LogP contribution in [0.4, 0.5) is 0 Å². The van der Waals surface area contributed by atoms with Crippen LogP contribution in [0.25, 0.3) is 11.1 Å². The molecule has 0 amide bonds. The van der Waals surface area contributed by atoms with Crippen LogP contribution in [0.3, 0.4) is 0 Å². The first-order valence-corrected chi connectivity index (χ1v) is 17.5. The summed E-state index contributed by atoms with van der Waals surface area (Å²) in [5, 5.41) is 39.6. The molecule has 0 unspecified atom stereocenters. The zero-order valence-corrected chi connectivity index (χ0v) is 30.5. The summed E-state index contributed by atoms with van der Waals surface area (Å²) in [5.74, 6) is 0.0718. The van der Waals surface area contributed by atoms with Crippen LogP contribution in [0.2, 0.25) is 0 Å². The number of hydrogen-bond acceptors (Lipinski definition) is 8. The minimum absolute atomic E-state index is 0.00307. The SMILES string of the molecule is CCCc1cc(C(=O)COc2ccc(-c3ccccc3)cc2)c(O)cc1O.CCCc1cc(C(=O)COc2ccc(C(C)(C)C)cc2)c(O)cc1O. The first-order chi connectivity index (χ1) is 24.8. The number of Topliss-reactive ketones (excluding diaryl/α,β-unsaturated/α-hetero) is 2. The number of aryl methyl sites for hydroxylation is 2. The normalized spacial score (nSPS) is 10.9. The minimum Gasteiger partial charge on any atom is -0.508 e. The number of phenolic OH excluding ortho intramolecular Hbond substituents is 4. The zero-order chi connectivity index (χ0) is 37.8. The number of carbonyl (C=O) groups excluding carboxylic acids is 2. The molecule has 0 aliphatic heterocycles. The van der Waals surface area contributed by atoms with Crippen molar-refractivity contribution >= 4 is 11.6 Å². The van der Waals surface area contributed by atoms with Crippen LogP contribution in [0.1, 0.15) is 84.9 Å². The van der Waals surface area contributed by atoms with Crippen molar-refractivity contribution in [1.29, 1.82) is 0 Å². The molecule has 8 nitrogen and oxygen atoms in total. The molecular weight excluding hydrogens is 656 g/mol. The highest BCUT2D eigenvalue weighted by molar-refractivity contribution is 6.00. The average Bonchev–Trinajstić information content (AvgIpc) is 3.12. The summed E-state index contributed by atoms with van der Waals surface area (Å²) in [5.41, 5.74) is 5.05. The fourth-order valence-electron chi connectivity index (χ4n) is 5.51. The molecule has 0 fully saturated rings. The second-order valence-electron chi connectivity index (χ2n) is 13.6. The van der Waals surface area contributed by atoms with Crippen molar-refractivity contribution in [1.82, 2.24) is 0 Å². The van der Waals surface area contributed by atoms with Gasteiger partial charge in [-0.1, -0.05) is 102 Å². The molecule has 0 aromatic heterocycles. The molecule has 0 bridgehead atoms. The van der Waals surface area contributed by atoms with Crippen LogP contribution in [0.15, 0.2) is 103 Å². The third-order valence-corrected chi connectivity index (χ3v) is 8.46. The predicted octanol–water partition coefficient (Wildman–Crippen LogP) is 9.59. The van der Waals surface area contributed by atoms with Gasteiger partial charge in [0.15, 0.2) is 13.2 Å². The molecule has 0 heterocycles. The smallest absolute Gasteiger partial charge is 0.203 e. The van der Waals surface area contributed by atoms with Crippen molar-refractivity contribution in [2.45, 2.75) is 65.7 Å². The highest BCUT2D eigenvalue weighted by atomic mass is 16.5. The Hall–Kier alpha value is -5.76. The molecule has 8 heteroatoms. The van der Waals surface area contributed by atoms with Crippen LogP contribution in [-0.2, 0) is 18.3 Å². The molecule has 0 saturated carbocycles. The van der Waals surface area contributed by atoms with Crippen molar-refractivity contribution < 1.29 is 39.5 Å². The molecule has 0 radical (unpaired) electrons. The summed E-state index contributed by atoms with van der Waals surface area (Å²) in [6.45, 7) is 10.0. The van der Waals surface area contributed by atoms with Crippen molar-refractivity contribution in [3.05, 3.63) is 131 Å². The van der Waals surface area contributed by atoms with E-state index in [0.717, 1.165) is 24.0 Å². The van der Waals surface area contributed by atoms with Gasteiger partial charge in [0.2, 0.25) is 11.6 Å². The van der Waals surface area contributed by atoms with Gasteiger partial charge in [0.1, 0.15) is 34.5 Å². The van der Waals surface area contributed by atoms with Crippen LogP contribution >= 0.6 is 0 Å². The quantitative estimate of drug-likeness (QED) is 0.0891. The Morgan fingerprint density at radius 1 is 0.538 bits per heavy atom. The summed E-state index contributed by atoms with van der Waals surface area (Å²) in [6, 6.07) is 30.7. The van der Waals surface area contributed by atoms with Gasteiger partial charge in [-0.15, -0.1) is 0 Å². The maximum Gasteiger partial charge on any atom is 0.203 e. The topological polar surface area (TPSA) is 134 Å². The lowest BCUT2D eigenvalue weighted by molar-refractivity contribution is 0.0911. The summed E-state index contributed by atoms with van der Waals surface area (Å²) in [4.78, 5) is 24.8. The van der Waals surface area contributed by atoms with Gasteiger partial charge < -0.3 is 29.9 Å². The third kappa shape index (κ3) is 10.6. The van der Waals surface area contributed by atoms with Crippen LogP contribution in [0, 0.1) is 0 Å². The standard InChI is InChI=1S/C23H22O4.C21H26O4/c1-2-6-18-13-20(22(25)14-21(18)24)23(26)15-27-19-11-9-17(10-12-19)16-7-4-3-5-8-16;1-5-6-14-11-17(19(23)12-18(14)22)20(24)13-25-16-9-7-15(8-10-16)21(2,3)4/h3-5,7-14,24-25H,2,6,15H2,1H3;7-12,22-23H,5-6,13H2,1-4H3. The highest BCUT2D eigenvalue weighted by Crippen LogP contribution is 2.31. The number of benzene rings is 5. The minimum atomic E-state index is -0.336. The van der Waals surface area contributed by atoms with Gasteiger partial charge in [-0.3, -0.25) is 9.59 Å². The Morgan fingerprint density at radius 3 is 1.35 bits per heavy atom. The van der Waals surface area contributed by atoms with Gasteiger partial charge in [-0.25, -0.2) is 0 Å². The van der Waals surface area contributed by atoms with Gasteiger partial charge in [-0.05, 0) is 82.5 Å². The molecule has 0 aliphatic rings. The van der Waals surface area contributed by atoms with E-state index >= 15 is 0 Å². The van der Waals surface area contributed by atoms with E-state index in [1.807, 2.05) is 92.7 Å². The van der Waals surface area contributed by atoms with Crippen molar-refractivity contribution in [2.75, 3.05) is 13.2 Å². The zero-order valence-electron chi connectivity index (χ0n) is 30.5. The monoisotopic (exact) mass is 704 g/mol. The number of aromatic hydroxyl groups is 4. The van der Waals surface area contributed by atoms with Gasteiger partial charge in [0, 0.05) is 12.1 Å². The summed E-state index contributed by atoms with van der Waals surface area (Å²) in [7, 11) is 0. The lowest BCUT2D eigenvalue weighted by Crippen LogP contribution is -2.13. The Labute approximate surface area is 306 Å².